The predicted octanol–water partition coefficient (Wildman–Crippen LogP) is 2.13. The third-order valence-corrected chi connectivity index (χ3v) is 7.56. The molecule has 0 spiro atoms. The van der Waals surface area contributed by atoms with Gasteiger partial charge in [-0.3, -0.25) is 9.59 Å². The fourth-order valence-corrected chi connectivity index (χ4v) is 5.47. The molecule has 1 saturated carbocycles. The second-order valence-corrected chi connectivity index (χ2v) is 10.1. The molecule has 1 aliphatic carbocycles. The summed E-state index contributed by atoms with van der Waals surface area (Å²) in [6, 6.07) is 6.92. The van der Waals surface area contributed by atoms with E-state index < -0.39 is 16.1 Å². The van der Waals surface area contributed by atoms with Gasteiger partial charge in [0.1, 0.15) is 6.04 Å². The summed E-state index contributed by atoms with van der Waals surface area (Å²) < 4.78 is 26.6. The molecule has 2 amide bonds. The lowest BCUT2D eigenvalue weighted by atomic mass is 10.0. The average molecular weight is 422 g/mol. The summed E-state index contributed by atoms with van der Waals surface area (Å²) in [5, 5.41) is 2.95. The standard InChI is InChI=1S/C21H31N3O4S/c1-3-14-29(27,28)24-13-5-4-6-19(24)21(26)23(2)15-16-7-9-17(10-8-16)20(25)22-18-11-12-18/h7-10,18-19H,3-6,11-15H2,1-2H3,(H,22,25). The zero-order valence-corrected chi connectivity index (χ0v) is 18.1. The van der Waals surface area contributed by atoms with Gasteiger partial charge >= 0.3 is 0 Å². The Labute approximate surface area is 173 Å². The molecule has 1 atom stereocenters. The lowest BCUT2D eigenvalue weighted by Crippen LogP contribution is -2.52. The van der Waals surface area contributed by atoms with Crippen molar-refractivity contribution in [2.45, 2.75) is 64.1 Å². The number of benzene rings is 1. The molecule has 2 aliphatic rings. The molecule has 8 heteroatoms. The van der Waals surface area contributed by atoms with Gasteiger partial charge in [0, 0.05) is 31.7 Å². The van der Waals surface area contributed by atoms with Crippen LogP contribution in [0.15, 0.2) is 24.3 Å². The van der Waals surface area contributed by atoms with Crippen molar-refractivity contribution >= 4 is 21.8 Å². The van der Waals surface area contributed by atoms with Crippen molar-refractivity contribution in [2.24, 2.45) is 0 Å². The molecule has 2 fully saturated rings. The SMILES string of the molecule is CCCS(=O)(=O)N1CCCCC1C(=O)N(C)Cc1ccc(C(=O)NC2CC2)cc1. The van der Waals surface area contributed by atoms with Gasteiger partial charge in [0.15, 0.2) is 0 Å². The molecule has 1 N–H and O–H groups in total. The maximum atomic E-state index is 13.0. The van der Waals surface area contributed by atoms with Crippen LogP contribution < -0.4 is 5.32 Å². The van der Waals surface area contributed by atoms with Gasteiger partial charge in [-0.05, 0) is 49.8 Å². The fraction of sp³-hybridized carbons (Fsp3) is 0.619. The van der Waals surface area contributed by atoms with Crippen LogP contribution in [0, 0.1) is 0 Å². The third-order valence-electron chi connectivity index (χ3n) is 5.48. The largest absolute Gasteiger partial charge is 0.349 e. The smallest absolute Gasteiger partial charge is 0.251 e. The summed E-state index contributed by atoms with van der Waals surface area (Å²) >= 11 is 0. The van der Waals surface area contributed by atoms with E-state index in [9.17, 15) is 18.0 Å². The number of hydrogen-bond donors (Lipinski definition) is 1. The highest BCUT2D eigenvalue weighted by Gasteiger charge is 2.37. The van der Waals surface area contributed by atoms with Crippen molar-refractivity contribution < 1.29 is 18.0 Å². The Hall–Kier alpha value is -1.93. The summed E-state index contributed by atoms with van der Waals surface area (Å²) in [4.78, 5) is 26.7. The number of carbonyl (C=O) groups excluding carboxylic acids is 2. The molecule has 1 aromatic rings. The van der Waals surface area contributed by atoms with Crippen molar-refractivity contribution in [3.8, 4) is 0 Å². The minimum absolute atomic E-state index is 0.0672. The fourth-order valence-electron chi connectivity index (χ4n) is 3.72. The molecular formula is C21H31N3O4S. The van der Waals surface area contributed by atoms with Crippen LogP contribution in [-0.2, 0) is 21.4 Å². The number of nitrogens with one attached hydrogen (secondary N) is 1. The van der Waals surface area contributed by atoms with Crippen molar-refractivity contribution in [1.82, 2.24) is 14.5 Å². The Morgan fingerprint density at radius 2 is 1.83 bits per heavy atom. The van der Waals surface area contributed by atoms with E-state index in [-0.39, 0.29) is 17.6 Å². The van der Waals surface area contributed by atoms with Crippen LogP contribution in [0.4, 0.5) is 0 Å². The Morgan fingerprint density at radius 1 is 1.14 bits per heavy atom. The van der Waals surface area contributed by atoms with Gasteiger partial charge in [-0.25, -0.2) is 8.42 Å². The van der Waals surface area contributed by atoms with Crippen LogP contribution in [0.3, 0.4) is 0 Å². The maximum Gasteiger partial charge on any atom is 0.251 e. The summed E-state index contributed by atoms with van der Waals surface area (Å²) in [6.45, 7) is 2.62. The first kappa shape index (κ1) is 21.8. The minimum atomic E-state index is -3.41. The number of carbonyl (C=O) groups is 2. The number of nitrogens with zero attached hydrogens (tertiary/aromatic N) is 2. The first-order valence-electron chi connectivity index (χ1n) is 10.5. The Balaban J connectivity index is 1.63. The quantitative estimate of drug-likeness (QED) is 0.697. The van der Waals surface area contributed by atoms with E-state index in [0.29, 0.717) is 37.5 Å². The molecule has 0 radical (unpaired) electrons. The highest BCUT2D eigenvalue weighted by Crippen LogP contribution is 2.23. The lowest BCUT2D eigenvalue weighted by molar-refractivity contribution is -0.135. The van der Waals surface area contributed by atoms with Crippen LogP contribution in [0.25, 0.3) is 0 Å². The van der Waals surface area contributed by atoms with Crippen LogP contribution in [-0.4, -0.2) is 60.9 Å². The van der Waals surface area contributed by atoms with Crippen molar-refractivity contribution in [2.75, 3.05) is 19.3 Å². The van der Waals surface area contributed by atoms with Crippen molar-refractivity contribution in [3.63, 3.8) is 0 Å². The van der Waals surface area contributed by atoms with E-state index in [1.807, 2.05) is 19.1 Å². The molecule has 29 heavy (non-hydrogen) atoms. The van der Waals surface area contributed by atoms with E-state index in [0.717, 1.165) is 31.2 Å². The van der Waals surface area contributed by atoms with E-state index in [1.54, 1.807) is 24.1 Å². The monoisotopic (exact) mass is 421 g/mol. The topological polar surface area (TPSA) is 86.8 Å². The number of rotatable bonds is 8. The van der Waals surface area contributed by atoms with E-state index in [1.165, 1.54) is 4.31 Å². The highest BCUT2D eigenvalue weighted by atomic mass is 32.2. The zero-order chi connectivity index (χ0) is 21.0. The summed E-state index contributed by atoms with van der Waals surface area (Å²) in [7, 11) is -1.71. The van der Waals surface area contributed by atoms with Crippen LogP contribution in [0.2, 0.25) is 0 Å². The normalized spacial score (nSPS) is 20.3. The maximum absolute atomic E-state index is 13.0. The average Bonchev–Trinajstić information content (AvgIpc) is 3.52. The zero-order valence-electron chi connectivity index (χ0n) is 17.3. The van der Waals surface area contributed by atoms with E-state index >= 15 is 0 Å². The van der Waals surface area contributed by atoms with Crippen molar-refractivity contribution in [3.05, 3.63) is 35.4 Å². The summed E-state index contributed by atoms with van der Waals surface area (Å²) in [5.41, 5.74) is 1.52. The van der Waals surface area contributed by atoms with Gasteiger partial charge in [-0.15, -0.1) is 0 Å². The minimum Gasteiger partial charge on any atom is -0.349 e. The first-order valence-corrected chi connectivity index (χ1v) is 12.1. The van der Waals surface area contributed by atoms with Crippen LogP contribution >= 0.6 is 0 Å². The molecule has 3 rings (SSSR count). The molecule has 160 valence electrons. The van der Waals surface area contributed by atoms with Gasteiger partial charge in [-0.1, -0.05) is 25.5 Å². The van der Waals surface area contributed by atoms with Crippen LogP contribution in [0.1, 0.15) is 61.4 Å². The number of sulfonamides is 1. The van der Waals surface area contributed by atoms with Crippen molar-refractivity contribution in [1.29, 1.82) is 0 Å². The Bertz CT molecular complexity index is 834. The molecule has 0 aromatic heterocycles. The molecule has 1 heterocycles. The molecule has 1 aliphatic heterocycles. The second-order valence-electron chi connectivity index (χ2n) is 8.08. The molecule has 0 bridgehead atoms. The number of piperidine rings is 1. The molecule has 1 saturated heterocycles. The molecular weight excluding hydrogens is 390 g/mol. The van der Waals surface area contributed by atoms with E-state index in [4.69, 9.17) is 0 Å². The van der Waals surface area contributed by atoms with Gasteiger partial charge in [0.2, 0.25) is 15.9 Å². The molecule has 7 nitrogen and oxygen atoms in total. The van der Waals surface area contributed by atoms with Gasteiger partial charge in [-0.2, -0.15) is 4.31 Å². The first-order chi connectivity index (χ1) is 13.8. The summed E-state index contributed by atoms with van der Waals surface area (Å²) in [5.74, 6) is -0.160. The van der Waals surface area contributed by atoms with Gasteiger partial charge in [0.05, 0.1) is 5.75 Å². The van der Waals surface area contributed by atoms with E-state index in [2.05, 4.69) is 5.32 Å². The third kappa shape index (κ3) is 5.57. The number of hydrogen-bond acceptors (Lipinski definition) is 4. The Kier molecular flexibility index (Phi) is 6.95. The predicted molar refractivity (Wildman–Crippen MR) is 112 cm³/mol. The molecule has 1 unspecified atom stereocenters. The summed E-state index contributed by atoms with van der Waals surface area (Å²) in [6.07, 6.45) is 4.84. The second kappa shape index (κ2) is 9.26. The number of amides is 2. The van der Waals surface area contributed by atoms with Gasteiger partial charge in [0.25, 0.3) is 5.91 Å². The highest BCUT2D eigenvalue weighted by molar-refractivity contribution is 7.89. The lowest BCUT2D eigenvalue weighted by Gasteiger charge is -2.35. The van der Waals surface area contributed by atoms with Gasteiger partial charge < -0.3 is 10.2 Å². The Morgan fingerprint density at radius 3 is 2.45 bits per heavy atom. The van der Waals surface area contributed by atoms with Crippen LogP contribution in [0.5, 0.6) is 0 Å². The number of likely N-dealkylation sites (N-methyl/N-ethyl adjacent to an activating group) is 1. The molecule has 1 aromatic carbocycles.